The summed E-state index contributed by atoms with van der Waals surface area (Å²) in [5.41, 5.74) is 0.349. The molecule has 1 fully saturated rings. The van der Waals surface area contributed by atoms with Gasteiger partial charge in [-0.05, 0) is 60.3 Å². The molecule has 1 aliphatic rings. The van der Waals surface area contributed by atoms with Crippen molar-refractivity contribution in [3.8, 4) is 0 Å². The molecule has 2 aromatic rings. The second-order valence-corrected chi connectivity index (χ2v) is 5.38. The summed E-state index contributed by atoms with van der Waals surface area (Å²) >= 11 is 0.841. The van der Waals surface area contributed by atoms with Crippen molar-refractivity contribution >= 4 is 34.7 Å². The number of hydrogen-bond acceptors (Lipinski definition) is 4. The number of carbonyl (C=O) groups excluding carboxylic acids is 2. The average Bonchev–Trinajstić information content (AvgIpc) is 3.10. The first-order valence-corrected chi connectivity index (χ1v) is 7.20. The average molecular weight is 315 g/mol. The molecule has 0 N–H and O–H groups in total. The summed E-state index contributed by atoms with van der Waals surface area (Å²) in [6, 6.07) is 8.73. The van der Waals surface area contributed by atoms with E-state index in [1.807, 2.05) is 0 Å². The molecule has 1 aromatic carbocycles. The topological polar surface area (TPSA) is 50.5 Å². The second-order valence-electron chi connectivity index (χ2n) is 4.39. The minimum absolute atomic E-state index is 0.303. The molecular weight excluding hydrogens is 305 g/mol. The zero-order valence-corrected chi connectivity index (χ0v) is 12.0. The molecule has 0 atom stereocenters. The first kappa shape index (κ1) is 14.3. The zero-order valence-electron chi connectivity index (χ0n) is 11.2. The number of halogens is 1. The molecule has 22 heavy (non-hydrogen) atoms. The van der Waals surface area contributed by atoms with Crippen molar-refractivity contribution < 1.29 is 18.4 Å². The number of carbonyl (C=O) groups is 2. The molecule has 1 saturated heterocycles. The third-order valence-electron chi connectivity index (χ3n) is 2.93. The fourth-order valence-electron chi connectivity index (χ4n) is 1.91. The van der Waals surface area contributed by atoms with Crippen molar-refractivity contribution in [3.05, 3.63) is 71.3 Å². The first-order valence-electron chi connectivity index (χ1n) is 6.39. The summed E-state index contributed by atoms with van der Waals surface area (Å²) in [6.45, 7) is 0. The molecule has 110 valence electrons. The van der Waals surface area contributed by atoms with E-state index in [0.29, 0.717) is 16.4 Å². The van der Waals surface area contributed by atoms with Gasteiger partial charge in [0.1, 0.15) is 11.6 Å². The molecule has 4 nitrogen and oxygen atoms in total. The van der Waals surface area contributed by atoms with Crippen molar-refractivity contribution in [2.24, 2.45) is 0 Å². The van der Waals surface area contributed by atoms with E-state index in [2.05, 4.69) is 0 Å². The Morgan fingerprint density at radius 2 is 1.91 bits per heavy atom. The fraction of sp³-hybridized carbons (Fsp3) is 0. The van der Waals surface area contributed by atoms with E-state index in [0.717, 1.165) is 16.7 Å². The van der Waals surface area contributed by atoms with E-state index in [-0.39, 0.29) is 0 Å². The van der Waals surface area contributed by atoms with Gasteiger partial charge in [0.05, 0.1) is 16.9 Å². The second kappa shape index (κ2) is 6.03. The highest BCUT2D eigenvalue weighted by molar-refractivity contribution is 8.18. The number of furan rings is 1. The highest BCUT2D eigenvalue weighted by atomic mass is 32.2. The lowest BCUT2D eigenvalue weighted by Crippen LogP contribution is -2.27. The number of benzene rings is 1. The van der Waals surface area contributed by atoms with Crippen LogP contribution < -0.4 is 4.90 Å². The lowest BCUT2D eigenvalue weighted by Gasteiger charge is -2.11. The molecular formula is C16H10FNO3S. The van der Waals surface area contributed by atoms with Gasteiger partial charge in [-0.2, -0.15) is 0 Å². The Labute approximate surface area is 129 Å². The maximum absolute atomic E-state index is 12.9. The van der Waals surface area contributed by atoms with Crippen LogP contribution in [0.15, 0.2) is 64.1 Å². The monoisotopic (exact) mass is 315 g/mol. The van der Waals surface area contributed by atoms with E-state index in [4.69, 9.17) is 4.42 Å². The van der Waals surface area contributed by atoms with Crippen LogP contribution in [0.2, 0.25) is 0 Å². The predicted molar refractivity (Wildman–Crippen MR) is 82.7 cm³/mol. The van der Waals surface area contributed by atoms with E-state index in [1.165, 1.54) is 24.3 Å². The van der Waals surface area contributed by atoms with E-state index in [1.54, 1.807) is 36.6 Å². The Balaban J connectivity index is 1.80. The molecule has 0 aliphatic carbocycles. The van der Waals surface area contributed by atoms with Crippen LogP contribution in [-0.2, 0) is 4.79 Å². The maximum atomic E-state index is 12.9. The van der Waals surface area contributed by atoms with E-state index >= 15 is 0 Å². The predicted octanol–water partition coefficient (Wildman–Crippen LogP) is 4.22. The van der Waals surface area contributed by atoms with Gasteiger partial charge in [0.15, 0.2) is 0 Å². The number of rotatable bonds is 3. The smallest absolute Gasteiger partial charge is 0.298 e. The molecule has 6 heteroatoms. The summed E-state index contributed by atoms with van der Waals surface area (Å²) in [4.78, 5) is 25.5. The van der Waals surface area contributed by atoms with Gasteiger partial charge in [-0.3, -0.25) is 9.59 Å². The van der Waals surface area contributed by atoms with Crippen molar-refractivity contribution in [2.45, 2.75) is 0 Å². The normalized spacial score (nSPS) is 17.1. The molecule has 0 bridgehead atoms. The Kier molecular flexibility index (Phi) is 3.93. The molecule has 0 radical (unpaired) electrons. The van der Waals surface area contributed by atoms with Gasteiger partial charge in [0.2, 0.25) is 0 Å². The number of hydrogen-bond donors (Lipinski definition) is 0. The lowest BCUT2D eigenvalue weighted by atomic mass is 10.3. The molecule has 2 amide bonds. The SMILES string of the molecule is O=C1SC(=CC=Cc2ccco2)C(=O)N1c1ccc(F)cc1. The summed E-state index contributed by atoms with van der Waals surface area (Å²) < 4.78 is 18.0. The number of anilines is 1. The summed E-state index contributed by atoms with van der Waals surface area (Å²) in [7, 11) is 0. The number of thioether (sulfide) groups is 1. The van der Waals surface area contributed by atoms with Gasteiger partial charge in [-0.1, -0.05) is 6.08 Å². The number of imide groups is 1. The Morgan fingerprint density at radius 1 is 1.14 bits per heavy atom. The number of amides is 2. The van der Waals surface area contributed by atoms with E-state index in [9.17, 15) is 14.0 Å². The first-order chi connectivity index (χ1) is 10.6. The Hall–Kier alpha value is -2.60. The minimum Gasteiger partial charge on any atom is -0.465 e. The molecule has 1 aromatic heterocycles. The third-order valence-corrected chi connectivity index (χ3v) is 3.82. The van der Waals surface area contributed by atoms with Crippen LogP contribution in [0.1, 0.15) is 5.76 Å². The maximum Gasteiger partial charge on any atom is 0.298 e. The summed E-state index contributed by atoms with van der Waals surface area (Å²) in [5.74, 6) is -0.202. The van der Waals surface area contributed by atoms with Gasteiger partial charge < -0.3 is 4.42 Å². The van der Waals surface area contributed by atoms with Gasteiger partial charge in [-0.15, -0.1) is 0 Å². The van der Waals surface area contributed by atoms with Crippen LogP contribution in [0.25, 0.3) is 6.08 Å². The Bertz CT molecular complexity index is 763. The molecule has 3 rings (SSSR count). The largest absolute Gasteiger partial charge is 0.465 e. The molecule has 2 heterocycles. The van der Waals surface area contributed by atoms with Crippen LogP contribution >= 0.6 is 11.8 Å². The van der Waals surface area contributed by atoms with Crippen LogP contribution in [0.5, 0.6) is 0 Å². The molecule has 1 aliphatic heterocycles. The highest BCUT2D eigenvalue weighted by Gasteiger charge is 2.35. The molecule has 0 unspecified atom stereocenters. The zero-order chi connectivity index (χ0) is 15.5. The third kappa shape index (κ3) is 2.87. The highest BCUT2D eigenvalue weighted by Crippen LogP contribution is 2.34. The molecule has 0 spiro atoms. The van der Waals surface area contributed by atoms with Gasteiger partial charge in [-0.25, -0.2) is 9.29 Å². The van der Waals surface area contributed by atoms with Crippen LogP contribution in [0.4, 0.5) is 14.9 Å². The van der Waals surface area contributed by atoms with Gasteiger partial charge in [0, 0.05) is 0 Å². The van der Waals surface area contributed by atoms with Crippen LogP contribution in [0, 0.1) is 5.82 Å². The minimum atomic E-state index is -0.425. The van der Waals surface area contributed by atoms with Crippen LogP contribution in [0.3, 0.4) is 0 Å². The van der Waals surface area contributed by atoms with Crippen LogP contribution in [-0.4, -0.2) is 11.1 Å². The fourth-order valence-corrected chi connectivity index (χ4v) is 2.70. The number of allylic oxidation sites excluding steroid dienone is 2. The quantitative estimate of drug-likeness (QED) is 0.796. The standard InChI is InChI=1S/C16H10FNO3S/c17-11-6-8-12(9-7-11)18-15(19)14(22-16(18)20)5-1-3-13-4-2-10-21-13/h1-10H. The van der Waals surface area contributed by atoms with Crippen molar-refractivity contribution in [3.63, 3.8) is 0 Å². The van der Waals surface area contributed by atoms with E-state index < -0.39 is 17.0 Å². The summed E-state index contributed by atoms with van der Waals surface area (Å²) in [5, 5.41) is -0.408. The van der Waals surface area contributed by atoms with Gasteiger partial charge in [0.25, 0.3) is 11.1 Å². The van der Waals surface area contributed by atoms with Crippen molar-refractivity contribution in [1.29, 1.82) is 0 Å². The molecule has 0 saturated carbocycles. The summed E-state index contributed by atoms with van der Waals surface area (Å²) in [6.07, 6.45) is 6.42. The van der Waals surface area contributed by atoms with Gasteiger partial charge >= 0.3 is 0 Å². The Morgan fingerprint density at radius 3 is 2.59 bits per heavy atom. The van der Waals surface area contributed by atoms with Crippen molar-refractivity contribution in [2.75, 3.05) is 4.90 Å². The van der Waals surface area contributed by atoms with Crippen molar-refractivity contribution in [1.82, 2.24) is 0 Å². The lowest BCUT2D eigenvalue weighted by molar-refractivity contribution is -0.113. The number of nitrogens with zero attached hydrogens (tertiary/aromatic N) is 1.